The molecule has 18 heavy (non-hydrogen) atoms. The molecule has 5 heteroatoms. The Labute approximate surface area is 112 Å². The number of ether oxygens (including phenoxy) is 1. The van der Waals surface area contributed by atoms with Gasteiger partial charge in [0.05, 0.1) is 18.9 Å². The number of carbonyl (C=O) groups excluding carboxylic acids is 1. The van der Waals surface area contributed by atoms with Crippen molar-refractivity contribution in [3.8, 4) is 5.75 Å². The van der Waals surface area contributed by atoms with Crippen molar-refractivity contribution in [2.24, 2.45) is 5.92 Å². The Balaban J connectivity index is 2.07. The summed E-state index contributed by atoms with van der Waals surface area (Å²) in [4.78, 5) is 16.1. The van der Waals surface area contributed by atoms with Gasteiger partial charge in [0.2, 0.25) is 0 Å². The Morgan fingerprint density at radius 2 is 2.44 bits per heavy atom. The van der Waals surface area contributed by atoms with Crippen molar-refractivity contribution in [2.45, 2.75) is 25.3 Å². The molecule has 1 fully saturated rings. The van der Waals surface area contributed by atoms with Gasteiger partial charge in [-0.05, 0) is 24.8 Å². The van der Waals surface area contributed by atoms with Crippen LogP contribution >= 0.6 is 11.6 Å². The smallest absolute Gasteiger partial charge is 0.255 e. The summed E-state index contributed by atoms with van der Waals surface area (Å²) in [5, 5.41) is 3.04. The van der Waals surface area contributed by atoms with Crippen LogP contribution in [0.1, 0.15) is 29.6 Å². The van der Waals surface area contributed by atoms with Crippen LogP contribution < -0.4 is 10.1 Å². The van der Waals surface area contributed by atoms with Crippen LogP contribution in [-0.4, -0.2) is 29.9 Å². The van der Waals surface area contributed by atoms with Crippen molar-refractivity contribution in [3.05, 3.63) is 24.0 Å². The molecule has 0 saturated heterocycles. The molecule has 0 bridgehead atoms. The predicted molar refractivity (Wildman–Crippen MR) is 70.1 cm³/mol. The molecular weight excluding hydrogens is 252 g/mol. The standard InChI is InChI=1S/C13H17ClN2O2/c1-18-12-8-15-6-5-10(12)13(17)16-11-4-2-3-9(11)7-14/h5-6,8-9,11H,2-4,7H2,1H3,(H,16,17). The Morgan fingerprint density at radius 3 is 3.17 bits per heavy atom. The van der Waals surface area contributed by atoms with E-state index in [1.807, 2.05) is 0 Å². The number of methoxy groups -OCH3 is 1. The van der Waals surface area contributed by atoms with Crippen molar-refractivity contribution in [3.63, 3.8) is 0 Å². The maximum atomic E-state index is 12.2. The van der Waals surface area contributed by atoms with Crippen molar-refractivity contribution in [1.82, 2.24) is 10.3 Å². The van der Waals surface area contributed by atoms with Gasteiger partial charge in [-0.2, -0.15) is 0 Å². The number of hydrogen-bond acceptors (Lipinski definition) is 3. The molecule has 1 aliphatic rings. The Morgan fingerprint density at radius 1 is 1.61 bits per heavy atom. The average molecular weight is 269 g/mol. The fourth-order valence-corrected chi connectivity index (χ4v) is 2.76. The van der Waals surface area contributed by atoms with Crippen LogP contribution in [0.5, 0.6) is 5.75 Å². The van der Waals surface area contributed by atoms with Crippen molar-refractivity contribution < 1.29 is 9.53 Å². The lowest BCUT2D eigenvalue weighted by Crippen LogP contribution is -2.38. The second-order valence-corrected chi connectivity index (χ2v) is 4.81. The molecule has 4 nitrogen and oxygen atoms in total. The molecule has 1 N–H and O–H groups in total. The summed E-state index contributed by atoms with van der Waals surface area (Å²) < 4.78 is 5.13. The molecule has 1 aromatic rings. The van der Waals surface area contributed by atoms with Gasteiger partial charge in [0.25, 0.3) is 5.91 Å². The van der Waals surface area contributed by atoms with Gasteiger partial charge >= 0.3 is 0 Å². The fraction of sp³-hybridized carbons (Fsp3) is 0.538. The summed E-state index contributed by atoms with van der Waals surface area (Å²) >= 11 is 5.90. The lowest BCUT2D eigenvalue weighted by atomic mass is 10.1. The van der Waals surface area contributed by atoms with Crippen molar-refractivity contribution in [1.29, 1.82) is 0 Å². The molecule has 0 radical (unpaired) electrons. The highest BCUT2D eigenvalue weighted by Crippen LogP contribution is 2.27. The first-order valence-corrected chi connectivity index (χ1v) is 6.64. The minimum absolute atomic E-state index is 0.115. The van der Waals surface area contributed by atoms with Gasteiger partial charge < -0.3 is 10.1 Å². The first-order valence-electron chi connectivity index (χ1n) is 6.11. The van der Waals surface area contributed by atoms with E-state index < -0.39 is 0 Å². The van der Waals surface area contributed by atoms with Gasteiger partial charge in [-0.25, -0.2) is 0 Å². The summed E-state index contributed by atoms with van der Waals surface area (Å²) in [6.45, 7) is 0. The van der Waals surface area contributed by atoms with E-state index in [1.165, 1.54) is 7.11 Å². The molecule has 0 spiro atoms. The normalized spacial score (nSPS) is 22.8. The number of halogens is 1. The summed E-state index contributed by atoms with van der Waals surface area (Å²) in [6, 6.07) is 1.84. The maximum absolute atomic E-state index is 12.2. The molecule has 1 saturated carbocycles. The molecule has 1 amide bonds. The largest absolute Gasteiger partial charge is 0.494 e. The van der Waals surface area contributed by atoms with Crippen LogP contribution in [-0.2, 0) is 0 Å². The van der Waals surface area contributed by atoms with Gasteiger partial charge in [0, 0.05) is 18.1 Å². The van der Waals surface area contributed by atoms with E-state index >= 15 is 0 Å². The van der Waals surface area contributed by atoms with E-state index in [0.717, 1.165) is 19.3 Å². The van der Waals surface area contributed by atoms with E-state index in [0.29, 0.717) is 23.1 Å². The van der Waals surface area contributed by atoms with Gasteiger partial charge in [-0.3, -0.25) is 9.78 Å². The van der Waals surface area contributed by atoms with E-state index in [2.05, 4.69) is 10.3 Å². The van der Waals surface area contributed by atoms with Gasteiger partial charge in [0.1, 0.15) is 5.75 Å². The summed E-state index contributed by atoms with van der Waals surface area (Å²) in [6.07, 6.45) is 6.34. The van der Waals surface area contributed by atoms with Gasteiger partial charge in [-0.15, -0.1) is 11.6 Å². The Hall–Kier alpha value is -1.29. The van der Waals surface area contributed by atoms with Crippen molar-refractivity contribution >= 4 is 17.5 Å². The highest BCUT2D eigenvalue weighted by atomic mass is 35.5. The number of alkyl halides is 1. The van der Waals surface area contributed by atoms with Crippen LogP contribution in [0.2, 0.25) is 0 Å². The minimum Gasteiger partial charge on any atom is -0.494 e. The third-order valence-corrected chi connectivity index (χ3v) is 3.82. The quantitative estimate of drug-likeness (QED) is 0.852. The summed E-state index contributed by atoms with van der Waals surface area (Å²) in [7, 11) is 1.53. The number of nitrogens with zero attached hydrogens (tertiary/aromatic N) is 1. The first-order chi connectivity index (χ1) is 8.76. The zero-order chi connectivity index (χ0) is 13.0. The monoisotopic (exact) mass is 268 g/mol. The van der Waals surface area contributed by atoms with Crippen LogP contribution in [0.4, 0.5) is 0 Å². The molecule has 1 aromatic heterocycles. The second kappa shape index (κ2) is 6.05. The highest BCUT2D eigenvalue weighted by Gasteiger charge is 2.28. The zero-order valence-electron chi connectivity index (χ0n) is 10.4. The van der Waals surface area contributed by atoms with Crippen molar-refractivity contribution in [2.75, 3.05) is 13.0 Å². The summed E-state index contributed by atoms with van der Waals surface area (Å²) in [5.74, 6) is 1.36. The van der Waals surface area contributed by atoms with E-state index in [4.69, 9.17) is 16.3 Å². The molecule has 2 rings (SSSR count). The lowest BCUT2D eigenvalue weighted by Gasteiger charge is -2.19. The van der Waals surface area contributed by atoms with Gasteiger partial charge in [-0.1, -0.05) is 6.42 Å². The molecule has 0 aliphatic heterocycles. The fourth-order valence-electron chi connectivity index (χ4n) is 2.39. The predicted octanol–water partition coefficient (Wildman–Crippen LogP) is 2.23. The topological polar surface area (TPSA) is 51.2 Å². The number of amides is 1. The highest BCUT2D eigenvalue weighted by molar-refractivity contribution is 6.18. The molecule has 1 heterocycles. The molecule has 98 valence electrons. The van der Waals surface area contributed by atoms with Crippen LogP contribution in [0, 0.1) is 5.92 Å². The third-order valence-electron chi connectivity index (χ3n) is 3.42. The molecule has 2 unspecified atom stereocenters. The van der Waals surface area contributed by atoms with Crippen LogP contribution in [0.15, 0.2) is 18.5 Å². The Kier molecular flexibility index (Phi) is 4.42. The molecule has 2 atom stereocenters. The van der Waals surface area contributed by atoms with E-state index in [9.17, 15) is 4.79 Å². The second-order valence-electron chi connectivity index (χ2n) is 4.50. The zero-order valence-corrected chi connectivity index (χ0v) is 11.1. The first kappa shape index (κ1) is 13.1. The lowest BCUT2D eigenvalue weighted by molar-refractivity contribution is 0.0927. The molecule has 1 aliphatic carbocycles. The average Bonchev–Trinajstić information content (AvgIpc) is 2.85. The number of rotatable bonds is 4. The van der Waals surface area contributed by atoms with E-state index in [-0.39, 0.29) is 11.9 Å². The van der Waals surface area contributed by atoms with Crippen LogP contribution in [0.25, 0.3) is 0 Å². The van der Waals surface area contributed by atoms with E-state index in [1.54, 1.807) is 18.5 Å². The SMILES string of the molecule is COc1cnccc1C(=O)NC1CCCC1CCl. The number of pyridine rings is 1. The van der Waals surface area contributed by atoms with Gasteiger partial charge in [0.15, 0.2) is 0 Å². The minimum atomic E-state index is -0.115. The number of carbonyl (C=O) groups is 1. The molecule has 0 aromatic carbocycles. The third kappa shape index (κ3) is 2.75. The maximum Gasteiger partial charge on any atom is 0.255 e. The number of nitrogens with one attached hydrogen (secondary N) is 1. The summed E-state index contributed by atoms with van der Waals surface area (Å²) in [5.41, 5.74) is 0.521. The number of hydrogen-bond donors (Lipinski definition) is 1. The van der Waals surface area contributed by atoms with Crippen LogP contribution in [0.3, 0.4) is 0 Å². The number of aromatic nitrogens is 1. The Bertz CT molecular complexity index is 425. The molecular formula is C13H17ClN2O2.